The van der Waals surface area contributed by atoms with E-state index in [-0.39, 0.29) is 17.3 Å². The molecule has 0 bridgehead atoms. The van der Waals surface area contributed by atoms with Gasteiger partial charge in [0.1, 0.15) is 11.6 Å². The molecule has 2 heterocycles. The summed E-state index contributed by atoms with van der Waals surface area (Å²) < 4.78 is 25.3. The third-order valence-electron chi connectivity index (χ3n) is 5.85. The molecular weight excluding hydrogens is 357 g/mol. The molecule has 1 aromatic heterocycles. The summed E-state index contributed by atoms with van der Waals surface area (Å²) in [4.78, 5) is 0. The van der Waals surface area contributed by atoms with Crippen molar-refractivity contribution in [2.75, 3.05) is 26.8 Å². The van der Waals surface area contributed by atoms with Crippen molar-refractivity contribution in [3.63, 3.8) is 0 Å². The lowest BCUT2D eigenvalue weighted by atomic mass is 9.74. The number of hydrogen-bond acceptors (Lipinski definition) is 4. The van der Waals surface area contributed by atoms with Crippen LogP contribution in [0.5, 0.6) is 5.75 Å². The fraction of sp³-hybridized carbons (Fsp3) is 0.409. The Kier molecular flexibility index (Phi) is 5.33. The SMILES string of the molecule is COc1cc(C(C)OCC2(c3ccc(F)cc3)CCNCC2)c2[nH]ncc2c1. The highest BCUT2D eigenvalue weighted by Crippen LogP contribution is 2.37. The van der Waals surface area contributed by atoms with Crippen LogP contribution in [-0.4, -0.2) is 37.0 Å². The maximum Gasteiger partial charge on any atom is 0.123 e. The number of rotatable bonds is 6. The minimum absolute atomic E-state index is 0.112. The Balaban J connectivity index is 1.59. The van der Waals surface area contributed by atoms with Crippen molar-refractivity contribution in [2.24, 2.45) is 0 Å². The van der Waals surface area contributed by atoms with Gasteiger partial charge in [0.25, 0.3) is 0 Å². The number of aromatic amines is 1. The van der Waals surface area contributed by atoms with E-state index in [1.807, 2.05) is 24.3 Å². The highest BCUT2D eigenvalue weighted by Gasteiger charge is 2.35. The topological polar surface area (TPSA) is 59.2 Å². The molecule has 148 valence electrons. The van der Waals surface area contributed by atoms with E-state index in [0.29, 0.717) is 6.61 Å². The van der Waals surface area contributed by atoms with Gasteiger partial charge >= 0.3 is 0 Å². The molecule has 1 atom stereocenters. The number of ether oxygens (including phenoxy) is 2. The number of fused-ring (bicyclic) bond motifs is 1. The minimum atomic E-state index is -0.208. The Hall–Kier alpha value is -2.44. The lowest BCUT2D eigenvalue weighted by Crippen LogP contribution is -2.43. The van der Waals surface area contributed by atoms with Gasteiger partial charge in [-0.25, -0.2) is 4.39 Å². The molecule has 4 rings (SSSR count). The first-order chi connectivity index (χ1) is 13.6. The van der Waals surface area contributed by atoms with E-state index >= 15 is 0 Å². The van der Waals surface area contributed by atoms with Crippen LogP contribution in [0, 0.1) is 5.82 Å². The molecule has 0 spiro atoms. The Morgan fingerprint density at radius 1 is 1.18 bits per heavy atom. The standard InChI is InChI=1S/C22H26FN3O2/c1-15(20-12-19(27-2)11-16-13-25-26-21(16)20)28-14-22(7-9-24-10-8-22)17-3-5-18(23)6-4-17/h3-6,11-13,15,24H,7-10,14H2,1-2H3,(H,25,26). The molecule has 28 heavy (non-hydrogen) atoms. The number of halogens is 1. The highest BCUT2D eigenvalue weighted by atomic mass is 19.1. The largest absolute Gasteiger partial charge is 0.497 e. The summed E-state index contributed by atoms with van der Waals surface area (Å²) in [5.74, 6) is 0.578. The van der Waals surface area contributed by atoms with Gasteiger partial charge in [-0.15, -0.1) is 0 Å². The maximum absolute atomic E-state index is 13.4. The summed E-state index contributed by atoms with van der Waals surface area (Å²) in [5, 5.41) is 11.6. The summed E-state index contributed by atoms with van der Waals surface area (Å²) in [6.45, 7) is 4.49. The molecule has 5 nitrogen and oxygen atoms in total. The molecular formula is C22H26FN3O2. The summed E-state index contributed by atoms with van der Waals surface area (Å²) in [6.07, 6.45) is 3.58. The average molecular weight is 383 g/mol. The monoisotopic (exact) mass is 383 g/mol. The summed E-state index contributed by atoms with van der Waals surface area (Å²) in [5.41, 5.74) is 3.02. The normalized spacial score (nSPS) is 17.5. The van der Waals surface area contributed by atoms with E-state index in [1.165, 1.54) is 0 Å². The van der Waals surface area contributed by atoms with Gasteiger partial charge in [-0.05, 0) is 62.7 Å². The first-order valence-electron chi connectivity index (χ1n) is 9.71. The van der Waals surface area contributed by atoms with Gasteiger partial charge in [0, 0.05) is 16.4 Å². The van der Waals surface area contributed by atoms with E-state index < -0.39 is 0 Å². The Morgan fingerprint density at radius 2 is 1.93 bits per heavy atom. The van der Waals surface area contributed by atoms with Gasteiger partial charge in [-0.2, -0.15) is 5.10 Å². The van der Waals surface area contributed by atoms with Gasteiger partial charge in [0.2, 0.25) is 0 Å². The molecule has 3 aromatic rings. The first kappa shape index (κ1) is 18.9. The Labute approximate surface area is 164 Å². The van der Waals surface area contributed by atoms with E-state index in [9.17, 15) is 4.39 Å². The van der Waals surface area contributed by atoms with Crippen LogP contribution in [0.15, 0.2) is 42.6 Å². The molecule has 2 aromatic carbocycles. The van der Waals surface area contributed by atoms with Crippen LogP contribution < -0.4 is 10.1 Å². The second kappa shape index (κ2) is 7.89. The zero-order chi connectivity index (χ0) is 19.6. The van der Waals surface area contributed by atoms with E-state index in [2.05, 4.69) is 22.4 Å². The lowest BCUT2D eigenvalue weighted by molar-refractivity contribution is 0.0171. The molecule has 1 aliphatic heterocycles. The van der Waals surface area contributed by atoms with Gasteiger partial charge in [-0.1, -0.05) is 12.1 Å². The van der Waals surface area contributed by atoms with Gasteiger partial charge in [0.05, 0.1) is 31.5 Å². The van der Waals surface area contributed by atoms with Crippen molar-refractivity contribution in [2.45, 2.75) is 31.3 Å². The molecule has 2 N–H and O–H groups in total. The molecule has 1 unspecified atom stereocenters. The quantitative estimate of drug-likeness (QED) is 0.673. The zero-order valence-corrected chi connectivity index (χ0v) is 16.3. The van der Waals surface area contributed by atoms with E-state index in [4.69, 9.17) is 9.47 Å². The minimum Gasteiger partial charge on any atom is -0.497 e. The summed E-state index contributed by atoms with van der Waals surface area (Å²) in [7, 11) is 1.66. The molecule has 1 saturated heterocycles. The number of benzene rings is 2. The van der Waals surface area contributed by atoms with Crippen LogP contribution in [0.2, 0.25) is 0 Å². The third-order valence-corrected chi connectivity index (χ3v) is 5.85. The average Bonchev–Trinajstić information content (AvgIpc) is 3.21. The van der Waals surface area contributed by atoms with E-state index in [0.717, 1.165) is 53.7 Å². The number of H-pyrrole nitrogens is 1. The van der Waals surface area contributed by atoms with Gasteiger partial charge in [0.15, 0.2) is 0 Å². The molecule has 1 fully saturated rings. The Morgan fingerprint density at radius 3 is 2.64 bits per heavy atom. The maximum atomic E-state index is 13.4. The predicted octanol–water partition coefficient (Wildman–Crippen LogP) is 4.11. The molecule has 1 aliphatic rings. The van der Waals surface area contributed by atoms with Crippen molar-refractivity contribution in [1.82, 2.24) is 15.5 Å². The number of hydrogen-bond donors (Lipinski definition) is 2. The molecule has 0 saturated carbocycles. The number of nitrogens with one attached hydrogen (secondary N) is 2. The Bertz CT molecular complexity index is 933. The molecule has 6 heteroatoms. The third kappa shape index (κ3) is 3.62. The van der Waals surface area contributed by atoms with Crippen LogP contribution in [0.25, 0.3) is 10.9 Å². The molecule has 0 radical (unpaired) electrons. The van der Waals surface area contributed by atoms with Crippen LogP contribution in [0.3, 0.4) is 0 Å². The summed E-state index contributed by atoms with van der Waals surface area (Å²) >= 11 is 0. The van der Waals surface area contributed by atoms with Gasteiger partial charge < -0.3 is 14.8 Å². The molecule has 0 aliphatic carbocycles. The highest BCUT2D eigenvalue weighted by molar-refractivity contribution is 5.83. The van der Waals surface area contributed by atoms with Crippen LogP contribution in [0.4, 0.5) is 4.39 Å². The predicted molar refractivity (Wildman–Crippen MR) is 107 cm³/mol. The van der Waals surface area contributed by atoms with Crippen LogP contribution in [-0.2, 0) is 10.2 Å². The fourth-order valence-electron chi connectivity index (χ4n) is 4.09. The second-order valence-corrected chi connectivity index (χ2v) is 7.54. The van der Waals surface area contributed by atoms with E-state index in [1.54, 1.807) is 25.4 Å². The number of nitrogens with zero attached hydrogens (tertiary/aromatic N) is 1. The summed E-state index contributed by atoms with van der Waals surface area (Å²) in [6, 6.07) is 10.8. The smallest absolute Gasteiger partial charge is 0.123 e. The van der Waals surface area contributed by atoms with Crippen molar-refractivity contribution in [3.05, 3.63) is 59.5 Å². The number of aromatic nitrogens is 2. The van der Waals surface area contributed by atoms with Crippen LogP contribution >= 0.6 is 0 Å². The lowest BCUT2D eigenvalue weighted by Gasteiger charge is -2.38. The molecule has 0 amide bonds. The first-order valence-corrected chi connectivity index (χ1v) is 9.71. The fourth-order valence-corrected chi connectivity index (χ4v) is 4.09. The second-order valence-electron chi connectivity index (χ2n) is 7.54. The number of methoxy groups -OCH3 is 1. The van der Waals surface area contributed by atoms with Crippen LogP contribution in [0.1, 0.15) is 37.0 Å². The van der Waals surface area contributed by atoms with Crippen molar-refractivity contribution < 1.29 is 13.9 Å². The van der Waals surface area contributed by atoms with Crippen molar-refractivity contribution in [1.29, 1.82) is 0 Å². The van der Waals surface area contributed by atoms with Crippen molar-refractivity contribution in [3.8, 4) is 5.75 Å². The zero-order valence-electron chi connectivity index (χ0n) is 16.3. The van der Waals surface area contributed by atoms with Gasteiger partial charge in [-0.3, -0.25) is 5.10 Å². The van der Waals surface area contributed by atoms with Crippen molar-refractivity contribution >= 4 is 10.9 Å². The number of piperidine rings is 1.